The molecule has 772 valence electrons. The Kier molecular flexibility index (Phi) is 51.0. The summed E-state index contributed by atoms with van der Waals surface area (Å²) in [6.07, 6.45) is 17.1. The molecule has 12 aromatic rings. The predicted octanol–water partition coefficient (Wildman–Crippen LogP) is 29.9. The summed E-state index contributed by atoms with van der Waals surface area (Å²) >= 11 is 0. The predicted molar refractivity (Wildman–Crippen MR) is 634 cm³/mol. The van der Waals surface area contributed by atoms with E-state index < -0.39 is 16.2 Å². The normalized spacial score (nSPS) is 13.1. The smallest absolute Gasteiger partial charge is 0.117 e. The van der Waals surface area contributed by atoms with Crippen molar-refractivity contribution < 1.29 is 18.9 Å². The molecule has 0 aliphatic heterocycles. The van der Waals surface area contributed by atoms with Crippen molar-refractivity contribution in [1.29, 1.82) is 0 Å². The Morgan fingerprint density at radius 1 is 0.231 bits per heavy atom. The van der Waals surface area contributed by atoms with Crippen molar-refractivity contribution in [3.8, 4) is 0 Å². The zero-order valence-corrected chi connectivity index (χ0v) is 93.9. The minimum absolute atomic E-state index is 0.0985. The second kappa shape index (κ2) is 62.1. The summed E-state index contributed by atoms with van der Waals surface area (Å²) in [5, 5.41) is 0. The topological polar surface area (TPSA) is 133 Å². The first-order valence-electron chi connectivity index (χ1n) is 50.3. The van der Waals surface area contributed by atoms with Gasteiger partial charge in [0.05, 0.1) is 62.2 Å². The van der Waals surface area contributed by atoms with Crippen LogP contribution in [0.15, 0.2) is 482 Å². The first-order chi connectivity index (χ1) is 70.4. The second-order valence-electron chi connectivity index (χ2n) is 39.2. The van der Waals surface area contributed by atoms with Gasteiger partial charge in [-0.25, -0.2) is 0 Å². The first-order valence-corrected chi connectivity index (χ1v) is 50.3. The van der Waals surface area contributed by atoms with Gasteiger partial charge in [-0.05, 0) is 138 Å². The zero-order valence-electron chi connectivity index (χ0n) is 93.9. The van der Waals surface area contributed by atoms with Crippen molar-refractivity contribution in [3.05, 3.63) is 513 Å². The van der Waals surface area contributed by atoms with Gasteiger partial charge < -0.3 is 33.6 Å². The van der Waals surface area contributed by atoms with Crippen LogP contribution in [-0.4, -0.2) is 175 Å². The number of rotatable bonds is 32. The lowest BCUT2D eigenvalue weighted by Crippen LogP contribution is -2.40. The lowest BCUT2D eigenvalue weighted by Gasteiger charge is -2.40. The Bertz CT molecular complexity index is 6010. The zero-order chi connectivity index (χ0) is 108. The van der Waals surface area contributed by atoms with E-state index in [-0.39, 0.29) is 16.2 Å². The highest BCUT2D eigenvalue weighted by Crippen LogP contribution is 2.49. The lowest BCUT2D eigenvalue weighted by molar-refractivity contribution is 0.251. The summed E-state index contributed by atoms with van der Waals surface area (Å²) in [7, 11) is 32.0. The van der Waals surface area contributed by atoms with Crippen LogP contribution in [0.25, 0.3) is 0 Å². The Balaban J connectivity index is 0.000000280. The molecule has 14 nitrogen and oxygen atoms in total. The molecular weight excluding hydrogens is 1800 g/mol. The molecule has 12 aromatic carbocycles. The van der Waals surface area contributed by atoms with Gasteiger partial charge in [0, 0.05) is 179 Å². The maximum atomic E-state index is 6.59. The average Bonchev–Trinajstić information content (AvgIpc) is 0.711. The number of aliphatic imine (C=N–C) groups is 7. The molecule has 0 aromatic heterocycles. The number of methoxy groups -OCH3 is 4. The van der Waals surface area contributed by atoms with Crippen LogP contribution in [0.4, 0.5) is 0 Å². The van der Waals surface area contributed by atoms with Gasteiger partial charge in [0.1, 0.15) is 16.9 Å². The number of nitrogens with zero attached hydrogens (tertiary/aromatic N) is 10. The molecule has 0 saturated carbocycles. The van der Waals surface area contributed by atoms with Gasteiger partial charge in [-0.3, -0.25) is 34.9 Å². The van der Waals surface area contributed by atoms with E-state index in [0.717, 1.165) is 116 Å². The van der Waals surface area contributed by atoms with E-state index in [0.29, 0.717) is 0 Å². The lowest BCUT2D eigenvalue weighted by atomic mass is 9.64. The summed E-state index contributed by atoms with van der Waals surface area (Å²) in [5.41, 5.74) is 23.3. The molecule has 14 heteroatoms. The molecule has 147 heavy (non-hydrogen) atoms. The maximum absolute atomic E-state index is 6.59. The van der Waals surface area contributed by atoms with Crippen molar-refractivity contribution in [1.82, 2.24) is 14.7 Å². The van der Waals surface area contributed by atoms with Gasteiger partial charge in [-0.15, -0.1) is 0 Å². The molecule has 0 unspecified atom stereocenters. The number of ether oxygens (including phenoxy) is 4. The Morgan fingerprint density at radius 3 is 0.707 bits per heavy atom. The van der Waals surface area contributed by atoms with Crippen molar-refractivity contribution in [2.45, 2.75) is 132 Å². The largest absolute Gasteiger partial charge is 0.501 e. The van der Waals surface area contributed by atoms with Crippen molar-refractivity contribution >= 4 is 40.0 Å². The van der Waals surface area contributed by atoms with E-state index in [9.17, 15) is 0 Å². The number of allylic oxidation sites excluding steroid dienone is 14. The molecule has 0 spiro atoms. The molecule has 0 radical (unpaired) electrons. The fourth-order valence-electron chi connectivity index (χ4n) is 17.0. The molecule has 0 aliphatic rings. The third-order valence-electron chi connectivity index (χ3n) is 25.2. The van der Waals surface area contributed by atoms with Gasteiger partial charge >= 0.3 is 0 Å². The fraction of sp³-hybridized carbons (Fsp3) is 0.301. The van der Waals surface area contributed by atoms with Crippen LogP contribution in [0, 0.1) is 16.2 Å². The molecule has 0 heterocycles. The minimum Gasteiger partial charge on any atom is -0.501 e. The number of hydrogen-bond acceptors (Lipinski definition) is 14. The monoisotopic (exact) mass is 1970 g/mol. The number of benzene rings is 12. The molecule has 0 atom stereocenters. The molecule has 0 amide bonds. The van der Waals surface area contributed by atoms with Gasteiger partial charge in [0.15, 0.2) is 0 Å². The second-order valence-corrected chi connectivity index (χ2v) is 39.2. The Morgan fingerprint density at radius 2 is 0.476 bits per heavy atom. The van der Waals surface area contributed by atoms with Crippen LogP contribution in [0.3, 0.4) is 0 Å². The highest BCUT2D eigenvalue weighted by molar-refractivity contribution is 6.10. The van der Waals surface area contributed by atoms with Gasteiger partial charge in [0.2, 0.25) is 0 Å². The molecular formula is C133H166N10O4. The highest BCUT2D eigenvalue weighted by atomic mass is 16.5. The Hall–Kier alpha value is -14.9. The molecule has 12 rings (SSSR count). The van der Waals surface area contributed by atoms with E-state index in [1.54, 1.807) is 42.5 Å². The molecule has 0 fully saturated rings. The molecule has 0 N–H and O–H groups in total. The van der Waals surface area contributed by atoms with Gasteiger partial charge in [0.25, 0.3) is 0 Å². The fourth-order valence-corrected chi connectivity index (χ4v) is 17.0. The average molecular weight is 1970 g/mol. The standard InChI is InChI=1S/C43H37NO.C25H25NO.C19H21NO.C14H28N2.C13H17NO.C11H22N2.C8H16N2/c1-44-40(42(34-21-9-3-10-22-34,35-23-11-4-12-24-35)36-25-13-5-14-26-36)33-41(45-2)43(37-27-15-6-16-28-37,38-29-17-7-18-30-38)39-31-19-8-20-32-39;1-20(27-3)19-24(26-2)25(21-13-7-4-8-14-21,22-15-9-5-10-16-22)23-17-11-6-12-18-23;1-20-18(13-16-9-5-3-6-10-16)15-19(21-2)14-17-11-7-4-8-12-17;1-13(2,3)11(15-7)10-12(16(8)9)14(4,5)6;1-11(15-3)9-13(14-2)10-12-7-5-4-6-8-12;1-9(13(6)7)8-10(12-5)11(2,3)4;1-7(9-3)6-8(2)10(4)5/h3-33H,1-2H3;4-19H,1-3H3;3-12,15H,13-14H2,1-2H3;10H,1-9H3;4-9H,10H2,1-3H3;8H,1-7H3;6H,1-5H3/b41-33-,44-40?;20-19-,26-24?;19-15-,20-18?;12-10-,15-11?;11-9-,14-13?;9-8-,12-10?;8-6-,9-7?. The highest BCUT2D eigenvalue weighted by Gasteiger charge is 2.46. The summed E-state index contributed by atoms with van der Waals surface area (Å²) in [6.45, 7) is 29.8. The van der Waals surface area contributed by atoms with Crippen molar-refractivity contribution in [2.24, 2.45) is 51.2 Å². The van der Waals surface area contributed by atoms with Gasteiger partial charge in [-0.1, -0.05) is 426 Å². The van der Waals surface area contributed by atoms with Crippen LogP contribution >= 0.6 is 0 Å². The Labute approximate surface area is 885 Å². The van der Waals surface area contributed by atoms with E-state index in [2.05, 4.69) is 445 Å². The van der Waals surface area contributed by atoms with Crippen molar-refractivity contribution in [3.63, 3.8) is 0 Å². The third kappa shape index (κ3) is 36.4. The van der Waals surface area contributed by atoms with Crippen molar-refractivity contribution in [2.75, 3.05) is 120 Å². The van der Waals surface area contributed by atoms with E-state index in [4.69, 9.17) is 28.9 Å². The van der Waals surface area contributed by atoms with Crippen LogP contribution in [-0.2, 0) is 54.5 Å². The van der Waals surface area contributed by atoms with Crippen LogP contribution in [0.5, 0.6) is 0 Å². The summed E-state index contributed by atoms with van der Waals surface area (Å²) < 4.78 is 22.7. The molecule has 0 bridgehead atoms. The van der Waals surface area contributed by atoms with E-state index in [1.165, 1.54) is 50.5 Å². The molecule has 0 saturated heterocycles. The van der Waals surface area contributed by atoms with Gasteiger partial charge in [-0.2, -0.15) is 0 Å². The third-order valence-corrected chi connectivity index (χ3v) is 25.2. The van der Waals surface area contributed by atoms with Crippen LogP contribution in [0.1, 0.15) is 164 Å². The summed E-state index contributed by atoms with van der Waals surface area (Å²) in [4.78, 5) is 37.5. The SMILES string of the molecule is CN=C(/C=C(/C)N(C)C)C(C)(C)C.CN=C(/C=C(/C)OC)C(c1ccccc1)(c1ccccc1)c1ccccc1.CN=C(/C=C(/C)OC)Cc1ccccc1.CN=C(/C=C(/Cc1ccccc1)OC)Cc1ccccc1.CN=C(/C=C(\N(C)C)C(C)(C)C)C(C)(C)C.CN=C(/C=C(\OC)C(c1ccccc1)(c1ccccc1)c1ccccc1)C(c1ccccc1)(c1ccccc1)c1ccccc1.CN=C(C)/C=C(/C)N(C)C. The van der Waals surface area contributed by atoms with E-state index in [1.807, 2.05) is 175 Å². The quantitative estimate of drug-likeness (QED) is 0.0233. The van der Waals surface area contributed by atoms with E-state index >= 15 is 0 Å². The molecule has 0 aliphatic carbocycles. The maximum Gasteiger partial charge on any atom is 0.117 e. The minimum atomic E-state index is -0.760. The first kappa shape index (κ1) is 121. The number of hydrogen-bond donors (Lipinski definition) is 0. The van der Waals surface area contributed by atoms with Crippen LogP contribution in [0.2, 0.25) is 0 Å². The van der Waals surface area contributed by atoms with Crippen LogP contribution < -0.4 is 0 Å². The summed E-state index contributed by atoms with van der Waals surface area (Å²) in [5.74, 6) is 3.41. The summed E-state index contributed by atoms with van der Waals surface area (Å²) in [6, 6.07) is 126.